The first kappa shape index (κ1) is 23.3. The maximum atomic E-state index is 11.9. The van der Waals surface area contributed by atoms with E-state index >= 15 is 0 Å². The zero-order chi connectivity index (χ0) is 26.1. The lowest BCUT2D eigenvalue weighted by Gasteiger charge is -2.16. The van der Waals surface area contributed by atoms with E-state index in [0.717, 1.165) is 28.9 Å². The highest BCUT2D eigenvalue weighted by Gasteiger charge is 2.25. The summed E-state index contributed by atoms with van der Waals surface area (Å²) in [4.78, 5) is 31.5. The number of rotatable bonds is 7. The molecule has 1 amide bonds. The van der Waals surface area contributed by atoms with Crippen molar-refractivity contribution < 1.29 is 9.53 Å². The number of nitrogens with one attached hydrogen (secondary N) is 2. The fourth-order valence-electron chi connectivity index (χ4n) is 4.49. The predicted molar refractivity (Wildman–Crippen MR) is 144 cm³/mol. The van der Waals surface area contributed by atoms with Gasteiger partial charge in [-0.1, -0.05) is 6.58 Å². The summed E-state index contributed by atoms with van der Waals surface area (Å²) in [6, 6.07) is 13.4. The summed E-state index contributed by atoms with van der Waals surface area (Å²) in [6.45, 7) is 6.86. The van der Waals surface area contributed by atoms with E-state index in [0.29, 0.717) is 41.6 Å². The van der Waals surface area contributed by atoms with Crippen LogP contribution in [0.1, 0.15) is 12.0 Å². The van der Waals surface area contributed by atoms with Gasteiger partial charge in [-0.15, -0.1) is 0 Å². The van der Waals surface area contributed by atoms with E-state index in [2.05, 4.69) is 37.3 Å². The van der Waals surface area contributed by atoms with E-state index in [-0.39, 0.29) is 11.9 Å². The molecule has 0 aliphatic carbocycles. The van der Waals surface area contributed by atoms with Gasteiger partial charge in [0.2, 0.25) is 5.91 Å². The monoisotopic (exact) mass is 507 g/mol. The molecule has 0 radical (unpaired) electrons. The summed E-state index contributed by atoms with van der Waals surface area (Å²) in [5.41, 5.74) is 3.88. The molecule has 1 saturated heterocycles. The summed E-state index contributed by atoms with van der Waals surface area (Å²) in [5, 5.41) is 10.9. The number of amides is 1. The number of nitrogens with zero attached hydrogens (tertiary/aromatic N) is 7. The van der Waals surface area contributed by atoms with Crippen LogP contribution in [0, 0.1) is 6.92 Å². The van der Waals surface area contributed by atoms with Crippen LogP contribution in [0.25, 0.3) is 16.7 Å². The van der Waals surface area contributed by atoms with E-state index in [1.807, 2.05) is 55.6 Å². The van der Waals surface area contributed by atoms with Crippen LogP contribution in [0.3, 0.4) is 0 Å². The minimum absolute atomic E-state index is 0.0521. The first-order chi connectivity index (χ1) is 18.6. The number of aromatic nitrogens is 6. The van der Waals surface area contributed by atoms with Crippen molar-refractivity contribution in [2.45, 2.75) is 19.4 Å². The molecule has 1 aliphatic heterocycles. The van der Waals surface area contributed by atoms with Crippen LogP contribution >= 0.6 is 0 Å². The zero-order valence-electron chi connectivity index (χ0n) is 20.7. The molecule has 6 rings (SSSR count). The van der Waals surface area contributed by atoms with Gasteiger partial charge < -0.3 is 20.3 Å². The molecule has 0 bridgehead atoms. The third-order valence-electron chi connectivity index (χ3n) is 6.43. The number of fused-ring (bicyclic) bond motifs is 2. The van der Waals surface area contributed by atoms with Crippen LogP contribution in [-0.4, -0.2) is 59.5 Å². The molecule has 5 aromatic rings. The smallest absolute Gasteiger partial charge is 0.246 e. The van der Waals surface area contributed by atoms with Gasteiger partial charge in [0.25, 0.3) is 0 Å². The number of ether oxygens (including phenoxy) is 1. The fourth-order valence-corrected chi connectivity index (χ4v) is 4.49. The second-order valence-electron chi connectivity index (χ2n) is 9.04. The number of benzene rings is 1. The number of pyridine rings is 2. The van der Waals surface area contributed by atoms with Crippen molar-refractivity contribution in [3.63, 3.8) is 0 Å². The first-order valence-corrected chi connectivity index (χ1v) is 12.2. The Hall–Kier alpha value is -5.06. The third kappa shape index (κ3) is 4.69. The first-order valence-electron chi connectivity index (χ1n) is 12.2. The second kappa shape index (κ2) is 9.77. The fraction of sp³-hybridized carbons (Fsp3) is 0.185. The normalized spacial score (nSPS) is 15.1. The Labute approximate surface area is 218 Å². The second-order valence-corrected chi connectivity index (χ2v) is 9.04. The maximum absolute atomic E-state index is 11.9. The number of hydrogen-bond acceptors (Lipinski definition) is 9. The van der Waals surface area contributed by atoms with Gasteiger partial charge in [0.1, 0.15) is 35.5 Å². The van der Waals surface area contributed by atoms with Crippen molar-refractivity contribution in [2.24, 2.45) is 0 Å². The van der Waals surface area contributed by atoms with Crippen LogP contribution in [0.2, 0.25) is 0 Å². The molecule has 11 nitrogen and oxygen atoms in total. The minimum Gasteiger partial charge on any atom is -0.457 e. The number of likely N-dealkylation sites (tertiary alicyclic amines) is 1. The lowest BCUT2D eigenvalue weighted by molar-refractivity contribution is -0.125. The van der Waals surface area contributed by atoms with Gasteiger partial charge in [-0.3, -0.25) is 4.79 Å². The molecule has 38 heavy (non-hydrogen) atoms. The highest BCUT2D eigenvalue weighted by atomic mass is 16.5. The minimum atomic E-state index is -0.0521. The Kier molecular flexibility index (Phi) is 6.00. The Morgan fingerprint density at radius 1 is 1.13 bits per heavy atom. The predicted octanol–water partition coefficient (Wildman–Crippen LogP) is 4.11. The molecule has 1 fully saturated rings. The number of carbonyl (C=O) groups is 1. The van der Waals surface area contributed by atoms with Gasteiger partial charge in [-0.05, 0) is 61.4 Å². The standard InChI is InChI=1S/C27H25N9O2/c1-3-25(37)35-10-8-19(14-35)32-23-7-5-21-26(34-23)27(30-15-28-21)33-18-4-6-22(17(2)12-18)38-20-9-11-36-24(13-20)29-16-31-36/h3-7,9,11-13,15-16,19H,1,8,10,14H2,2H3,(H,32,34)(H,28,30,33). The van der Waals surface area contributed by atoms with E-state index in [4.69, 9.17) is 9.72 Å². The van der Waals surface area contributed by atoms with Gasteiger partial charge in [-0.2, -0.15) is 5.10 Å². The largest absolute Gasteiger partial charge is 0.457 e. The Balaban J connectivity index is 1.19. The lowest BCUT2D eigenvalue weighted by Crippen LogP contribution is -2.30. The van der Waals surface area contributed by atoms with Crippen molar-refractivity contribution in [3.05, 3.63) is 79.5 Å². The van der Waals surface area contributed by atoms with Crippen molar-refractivity contribution in [1.29, 1.82) is 0 Å². The molecule has 2 N–H and O–H groups in total. The van der Waals surface area contributed by atoms with E-state index < -0.39 is 0 Å². The summed E-state index contributed by atoms with van der Waals surface area (Å²) >= 11 is 0. The molecule has 11 heteroatoms. The van der Waals surface area contributed by atoms with Gasteiger partial charge in [-0.25, -0.2) is 24.5 Å². The molecule has 5 heterocycles. The summed E-state index contributed by atoms with van der Waals surface area (Å²) in [5.74, 6) is 2.66. The quantitative estimate of drug-likeness (QED) is 0.313. The third-order valence-corrected chi connectivity index (χ3v) is 6.43. The van der Waals surface area contributed by atoms with Crippen LogP contribution in [-0.2, 0) is 4.79 Å². The highest BCUT2D eigenvalue weighted by Crippen LogP contribution is 2.30. The number of carbonyl (C=O) groups excluding carboxylic acids is 1. The number of anilines is 3. The molecule has 0 saturated carbocycles. The van der Waals surface area contributed by atoms with E-state index in [1.54, 1.807) is 9.42 Å². The molecule has 4 aromatic heterocycles. The summed E-state index contributed by atoms with van der Waals surface area (Å²) in [6.07, 6.45) is 7.02. The molecule has 0 spiro atoms. The molecule has 1 atom stereocenters. The Bertz CT molecular complexity index is 1670. The molecule has 1 aromatic carbocycles. The maximum Gasteiger partial charge on any atom is 0.246 e. The van der Waals surface area contributed by atoms with Crippen LogP contribution < -0.4 is 15.4 Å². The molecular formula is C27H25N9O2. The Morgan fingerprint density at radius 2 is 2.05 bits per heavy atom. The number of aryl methyl sites for hydroxylation is 1. The summed E-state index contributed by atoms with van der Waals surface area (Å²) < 4.78 is 7.77. The van der Waals surface area contributed by atoms with Gasteiger partial charge >= 0.3 is 0 Å². The molecule has 190 valence electrons. The van der Waals surface area contributed by atoms with Gasteiger partial charge in [0.05, 0.1) is 5.52 Å². The van der Waals surface area contributed by atoms with E-state index in [1.165, 1.54) is 18.7 Å². The number of hydrogen-bond donors (Lipinski definition) is 2. The molecule has 1 unspecified atom stereocenters. The average Bonchev–Trinajstić information content (AvgIpc) is 3.59. The highest BCUT2D eigenvalue weighted by molar-refractivity contribution is 5.88. The topological polar surface area (TPSA) is 122 Å². The van der Waals surface area contributed by atoms with Gasteiger partial charge in [0, 0.05) is 37.1 Å². The zero-order valence-corrected chi connectivity index (χ0v) is 20.7. The lowest BCUT2D eigenvalue weighted by atomic mass is 10.2. The van der Waals surface area contributed by atoms with Crippen LogP contribution in [0.4, 0.5) is 17.3 Å². The SMILES string of the molecule is C=CC(=O)N1CCC(Nc2ccc3ncnc(Nc4ccc(Oc5ccn6ncnc6c5)c(C)c4)c3n2)C1. The van der Waals surface area contributed by atoms with Crippen molar-refractivity contribution in [3.8, 4) is 11.5 Å². The van der Waals surface area contributed by atoms with Crippen molar-refractivity contribution >= 4 is 39.9 Å². The van der Waals surface area contributed by atoms with Crippen molar-refractivity contribution in [2.75, 3.05) is 23.7 Å². The van der Waals surface area contributed by atoms with Crippen molar-refractivity contribution in [1.82, 2.24) is 34.4 Å². The Morgan fingerprint density at radius 3 is 2.92 bits per heavy atom. The van der Waals surface area contributed by atoms with Crippen LogP contribution in [0.5, 0.6) is 11.5 Å². The average molecular weight is 508 g/mol. The summed E-state index contributed by atoms with van der Waals surface area (Å²) in [7, 11) is 0. The molecule has 1 aliphatic rings. The molecular weight excluding hydrogens is 482 g/mol. The van der Waals surface area contributed by atoms with Gasteiger partial charge in [0.15, 0.2) is 11.5 Å². The van der Waals surface area contributed by atoms with Crippen LogP contribution in [0.15, 0.2) is 74.0 Å². The van der Waals surface area contributed by atoms with E-state index in [9.17, 15) is 4.79 Å².